The lowest BCUT2D eigenvalue weighted by atomic mass is 10.0. The maximum Gasteiger partial charge on any atom is 0.137 e. The third-order valence-electron chi connectivity index (χ3n) is 4.94. The summed E-state index contributed by atoms with van der Waals surface area (Å²) in [6.07, 6.45) is 7.32. The number of fused-ring (bicyclic) bond motifs is 1. The molecule has 0 saturated carbocycles. The Balaban J connectivity index is 1.72. The van der Waals surface area contributed by atoms with Gasteiger partial charge in [-0.1, -0.05) is 17.7 Å². The number of hydrogen-bond donors (Lipinski definition) is 0. The lowest BCUT2D eigenvalue weighted by Gasteiger charge is -2.25. The highest BCUT2D eigenvalue weighted by Gasteiger charge is 2.23. The van der Waals surface area contributed by atoms with E-state index in [4.69, 9.17) is 11.6 Å². The molecule has 0 N–H and O–H groups in total. The van der Waals surface area contributed by atoms with Gasteiger partial charge in [-0.2, -0.15) is 0 Å². The number of aliphatic imine (C=N–C) groups is 1. The third-order valence-corrected chi connectivity index (χ3v) is 5.41. The monoisotopic (exact) mass is 361 g/mol. The van der Waals surface area contributed by atoms with Crippen LogP contribution >= 0.6 is 11.6 Å². The Hall–Kier alpha value is -1.85. The standard InChI is InChI=1S/C19H18ClF2N3/c1-11-18(20)17-14(22)8-13(21)9-15(17)24-19(11)12-4-5-16(23-10-12)25-6-2-3-7-25/h4,8-10,16H,2-3,5-7H2,1H3. The Morgan fingerprint density at radius 3 is 2.64 bits per heavy atom. The van der Waals surface area contributed by atoms with Gasteiger partial charge in [0.2, 0.25) is 0 Å². The molecule has 1 aromatic carbocycles. The number of dihydropyridines is 1. The summed E-state index contributed by atoms with van der Waals surface area (Å²) in [5.41, 5.74) is 2.38. The van der Waals surface area contributed by atoms with E-state index in [2.05, 4.69) is 21.0 Å². The van der Waals surface area contributed by atoms with Crippen LogP contribution in [0.3, 0.4) is 0 Å². The zero-order chi connectivity index (χ0) is 17.6. The minimum absolute atomic E-state index is 0.160. The number of allylic oxidation sites excluding steroid dienone is 1. The van der Waals surface area contributed by atoms with Gasteiger partial charge in [-0.25, -0.2) is 13.8 Å². The molecule has 1 fully saturated rings. The molecule has 4 rings (SSSR count). The highest BCUT2D eigenvalue weighted by molar-refractivity contribution is 6.36. The van der Waals surface area contributed by atoms with Crippen LogP contribution in [0.5, 0.6) is 0 Å². The smallest absolute Gasteiger partial charge is 0.137 e. The first kappa shape index (κ1) is 16.6. The van der Waals surface area contributed by atoms with E-state index in [0.29, 0.717) is 11.3 Å². The van der Waals surface area contributed by atoms with Crippen molar-refractivity contribution in [1.29, 1.82) is 0 Å². The second kappa shape index (κ2) is 6.46. The fourth-order valence-electron chi connectivity index (χ4n) is 3.60. The molecule has 1 saturated heterocycles. The van der Waals surface area contributed by atoms with Gasteiger partial charge in [0, 0.05) is 43.4 Å². The zero-order valence-corrected chi connectivity index (χ0v) is 14.7. The Morgan fingerprint density at radius 1 is 1.20 bits per heavy atom. The summed E-state index contributed by atoms with van der Waals surface area (Å²) >= 11 is 6.36. The molecule has 0 bridgehead atoms. The van der Waals surface area contributed by atoms with Gasteiger partial charge in [-0.3, -0.25) is 9.89 Å². The summed E-state index contributed by atoms with van der Waals surface area (Å²) in [4.78, 5) is 11.5. The molecule has 25 heavy (non-hydrogen) atoms. The summed E-state index contributed by atoms with van der Waals surface area (Å²) in [6.45, 7) is 3.97. The van der Waals surface area contributed by atoms with E-state index in [0.717, 1.165) is 31.1 Å². The Labute approximate surface area is 150 Å². The molecule has 1 unspecified atom stereocenters. The van der Waals surface area contributed by atoms with Crippen molar-refractivity contribution in [3.05, 3.63) is 46.1 Å². The van der Waals surface area contributed by atoms with Gasteiger partial charge in [0.15, 0.2) is 0 Å². The molecular formula is C19H18ClF2N3. The average Bonchev–Trinajstić information content (AvgIpc) is 3.12. The lowest BCUT2D eigenvalue weighted by molar-refractivity contribution is 0.251. The van der Waals surface area contributed by atoms with E-state index >= 15 is 0 Å². The van der Waals surface area contributed by atoms with Crippen molar-refractivity contribution in [1.82, 2.24) is 9.88 Å². The first-order valence-electron chi connectivity index (χ1n) is 8.47. The van der Waals surface area contributed by atoms with Crippen molar-refractivity contribution in [3.8, 4) is 0 Å². The highest BCUT2D eigenvalue weighted by atomic mass is 35.5. The van der Waals surface area contributed by atoms with Crippen LogP contribution in [0.4, 0.5) is 8.78 Å². The van der Waals surface area contributed by atoms with E-state index in [1.165, 1.54) is 18.9 Å². The van der Waals surface area contributed by atoms with Crippen LogP contribution in [-0.2, 0) is 0 Å². The zero-order valence-electron chi connectivity index (χ0n) is 13.9. The molecule has 3 heterocycles. The van der Waals surface area contributed by atoms with Crippen molar-refractivity contribution >= 4 is 34.3 Å². The van der Waals surface area contributed by atoms with Crippen molar-refractivity contribution in [2.45, 2.75) is 32.4 Å². The number of nitrogens with zero attached hydrogens (tertiary/aromatic N) is 3. The van der Waals surface area contributed by atoms with Crippen molar-refractivity contribution in [3.63, 3.8) is 0 Å². The van der Waals surface area contributed by atoms with E-state index in [1.807, 2.05) is 0 Å². The minimum atomic E-state index is -0.692. The quantitative estimate of drug-likeness (QED) is 0.772. The second-order valence-corrected chi connectivity index (χ2v) is 6.96. The molecule has 2 aliphatic rings. The molecule has 1 aromatic heterocycles. The molecular weight excluding hydrogens is 344 g/mol. The molecule has 130 valence electrons. The molecule has 6 heteroatoms. The minimum Gasteiger partial charge on any atom is -0.282 e. The largest absolute Gasteiger partial charge is 0.282 e. The Morgan fingerprint density at radius 2 is 1.96 bits per heavy atom. The highest BCUT2D eigenvalue weighted by Crippen LogP contribution is 2.33. The van der Waals surface area contributed by atoms with Gasteiger partial charge in [0.25, 0.3) is 0 Å². The molecule has 1 atom stereocenters. The summed E-state index contributed by atoms with van der Waals surface area (Å²) in [5.74, 6) is -1.36. The van der Waals surface area contributed by atoms with E-state index in [9.17, 15) is 8.78 Å². The summed E-state index contributed by atoms with van der Waals surface area (Å²) < 4.78 is 27.6. The van der Waals surface area contributed by atoms with Gasteiger partial charge in [-0.15, -0.1) is 0 Å². The summed E-state index contributed by atoms with van der Waals surface area (Å²) in [7, 11) is 0. The Bertz CT molecular complexity index is 901. The van der Waals surface area contributed by atoms with Crippen LogP contribution in [0, 0.1) is 18.6 Å². The number of hydrogen-bond acceptors (Lipinski definition) is 3. The van der Waals surface area contributed by atoms with Crippen LogP contribution in [0.1, 0.15) is 30.5 Å². The first-order chi connectivity index (χ1) is 12.0. The van der Waals surface area contributed by atoms with Crippen molar-refractivity contribution in [2.24, 2.45) is 4.99 Å². The second-order valence-electron chi connectivity index (χ2n) is 6.58. The molecule has 0 amide bonds. The number of aromatic nitrogens is 1. The van der Waals surface area contributed by atoms with Gasteiger partial charge in [0.05, 0.1) is 21.6 Å². The number of pyridine rings is 1. The van der Waals surface area contributed by atoms with Gasteiger partial charge in [0.1, 0.15) is 17.8 Å². The van der Waals surface area contributed by atoms with E-state index in [-0.39, 0.29) is 22.1 Å². The van der Waals surface area contributed by atoms with E-state index in [1.54, 1.807) is 13.1 Å². The number of benzene rings is 1. The maximum atomic E-state index is 14.1. The van der Waals surface area contributed by atoms with Crippen molar-refractivity contribution in [2.75, 3.05) is 13.1 Å². The normalized spacial score (nSPS) is 21.1. The van der Waals surface area contributed by atoms with Crippen LogP contribution in [0.15, 0.2) is 23.2 Å². The van der Waals surface area contributed by atoms with Crippen LogP contribution in [0.25, 0.3) is 16.5 Å². The van der Waals surface area contributed by atoms with Gasteiger partial charge in [-0.05, 0) is 25.3 Å². The van der Waals surface area contributed by atoms with Crippen LogP contribution < -0.4 is 0 Å². The number of halogens is 3. The topological polar surface area (TPSA) is 28.5 Å². The third kappa shape index (κ3) is 2.96. The van der Waals surface area contributed by atoms with Crippen LogP contribution in [-0.4, -0.2) is 35.4 Å². The fraction of sp³-hybridized carbons (Fsp3) is 0.368. The predicted octanol–water partition coefficient (Wildman–Crippen LogP) is 4.75. The molecule has 0 aliphatic carbocycles. The average molecular weight is 362 g/mol. The summed E-state index contributed by atoms with van der Waals surface area (Å²) in [5, 5.41) is 0.432. The van der Waals surface area contributed by atoms with Gasteiger partial charge >= 0.3 is 0 Å². The SMILES string of the molecule is Cc1c(C2=CCC(N3CCCC3)N=C2)nc2cc(F)cc(F)c2c1Cl. The fourth-order valence-corrected chi connectivity index (χ4v) is 3.87. The predicted molar refractivity (Wildman–Crippen MR) is 97.1 cm³/mol. The molecule has 3 nitrogen and oxygen atoms in total. The van der Waals surface area contributed by atoms with Crippen molar-refractivity contribution < 1.29 is 8.78 Å². The number of likely N-dealkylation sites (tertiary alicyclic amines) is 1. The summed E-state index contributed by atoms with van der Waals surface area (Å²) in [6, 6.07) is 2.04. The molecule has 0 radical (unpaired) electrons. The molecule has 2 aromatic rings. The maximum absolute atomic E-state index is 14.1. The van der Waals surface area contributed by atoms with E-state index < -0.39 is 11.6 Å². The van der Waals surface area contributed by atoms with Crippen LogP contribution in [0.2, 0.25) is 5.02 Å². The molecule has 2 aliphatic heterocycles. The molecule has 0 spiro atoms. The number of rotatable bonds is 2. The van der Waals surface area contributed by atoms with Gasteiger partial charge < -0.3 is 0 Å². The lowest BCUT2D eigenvalue weighted by Crippen LogP contribution is -2.32. The first-order valence-corrected chi connectivity index (χ1v) is 8.85. The Kier molecular flexibility index (Phi) is 4.29.